The third-order valence-electron chi connectivity index (χ3n) is 4.45. The minimum atomic E-state index is -1.05. The van der Waals surface area contributed by atoms with Crippen molar-refractivity contribution in [2.45, 2.75) is 0 Å². The van der Waals surface area contributed by atoms with Gasteiger partial charge in [0.1, 0.15) is 9.32 Å². The molecular formula is C20H10I4Na2O5. The minimum absolute atomic E-state index is 0. The van der Waals surface area contributed by atoms with Crippen LogP contribution in [-0.4, -0.2) is 75.3 Å². The topological polar surface area (TPSA) is 87.7 Å². The van der Waals surface area contributed by atoms with Gasteiger partial charge in [-0.2, -0.15) is 0 Å². The summed E-state index contributed by atoms with van der Waals surface area (Å²) in [7, 11) is 0. The van der Waals surface area contributed by atoms with Gasteiger partial charge in [-0.15, -0.1) is 0 Å². The molecule has 0 atom stereocenters. The molecule has 5 nitrogen and oxygen atoms in total. The van der Waals surface area contributed by atoms with Crippen molar-refractivity contribution in [2.24, 2.45) is 0 Å². The number of aromatic carboxylic acids is 1. The van der Waals surface area contributed by atoms with Crippen molar-refractivity contribution in [1.29, 1.82) is 0 Å². The van der Waals surface area contributed by atoms with Crippen LogP contribution in [0.2, 0.25) is 0 Å². The Kier molecular flexibility index (Phi) is 10.5. The van der Waals surface area contributed by atoms with Crippen LogP contribution in [0.15, 0.2) is 45.6 Å². The van der Waals surface area contributed by atoms with Gasteiger partial charge in [0, 0.05) is 16.5 Å². The number of benzene rings is 3. The van der Waals surface area contributed by atoms with Crippen LogP contribution in [0.25, 0.3) is 33.4 Å². The van der Waals surface area contributed by atoms with E-state index in [4.69, 9.17) is 4.42 Å². The van der Waals surface area contributed by atoms with Crippen LogP contribution in [0.4, 0.5) is 0 Å². The Hall–Kier alpha value is 1.32. The monoisotopic (exact) mass is 884 g/mol. The second-order valence-electron chi connectivity index (χ2n) is 6.10. The number of hydrogen-bond acceptors (Lipinski definition) is 4. The summed E-state index contributed by atoms with van der Waals surface area (Å²) < 4.78 is 8.16. The molecule has 0 bridgehead atoms. The Morgan fingerprint density at radius 1 is 0.903 bits per heavy atom. The van der Waals surface area contributed by atoms with Crippen molar-refractivity contribution in [3.05, 3.63) is 66.5 Å². The number of carbonyl (C=O) groups is 1. The molecule has 2 aliphatic rings. The van der Waals surface area contributed by atoms with Gasteiger partial charge < -0.3 is 14.6 Å². The summed E-state index contributed by atoms with van der Waals surface area (Å²) in [5.74, 6) is -0.588. The maximum absolute atomic E-state index is 12.5. The third-order valence-corrected chi connectivity index (χ3v) is 8.05. The van der Waals surface area contributed by atoms with E-state index in [1.165, 1.54) is 0 Å². The van der Waals surface area contributed by atoms with E-state index >= 15 is 0 Å². The van der Waals surface area contributed by atoms with Crippen molar-refractivity contribution < 1.29 is 19.4 Å². The fraction of sp³-hybridized carbons (Fsp3) is 0. The van der Waals surface area contributed by atoms with Gasteiger partial charge in [0.25, 0.3) is 0 Å². The van der Waals surface area contributed by atoms with E-state index in [1.807, 2.05) is 90.4 Å². The van der Waals surface area contributed by atoms with Crippen molar-refractivity contribution >= 4 is 166 Å². The second kappa shape index (κ2) is 11.4. The predicted molar refractivity (Wildman–Crippen MR) is 158 cm³/mol. The first-order valence-electron chi connectivity index (χ1n) is 8.00. The number of phenolic OH excluding ortho intramolecular Hbond substituents is 1. The molecule has 0 saturated carbocycles. The molecule has 1 heterocycles. The van der Waals surface area contributed by atoms with E-state index in [1.54, 1.807) is 36.4 Å². The summed E-state index contributed by atoms with van der Waals surface area (Å²) in [5, 5.41) is 20.8. The summed E-state index contributed by atoms with van der Waals surface area (Å²) in [6.45, 7) is 0. The Morgan fingerprint density at radius 2 is 1.55 bits per heavy atom. The Bertz CT molecular complexity index is 1370. The third kappa shape index (κ3) is 5.15. The number of carboxylic acid groups (broad SMARTS) is 1. The van der Waals surface area contributed by atoms with Gasteiger partial charge in [-0.05, 0) is 114 Å². The van der Waals surface area contributed by atoms with Crippen LogP contribution in [0.5, 0.6) is 5.75 Å². The number of carboxylic acids is 1. The van der Waals surface area contributed by atoms with Crippen LogP contribution < -0.4 is 5.43 Å². The van der Waals surface area contributed by atoms with E-state index in [0.717, 1.165) is 0 Å². The van der Waals surface area contributed by atoms with Crippen LogP contribution >= 0.6 is 90.4 Å². The molecule has 0 saturated heterocycles. The van der Waals surface area contributed by atoms with Gasteiger partial charge in [-0.3, -0.25) is 4.79 Å². The zero-order valence-electron chi connectivity index (χ0n) is 14.1. The number of aromatic hydroxyl groups is 1. The van der Waals surface area contributed by atoms with Crippen molar-refractivity contribution in [3.8, 4) is 28.2 Å². The van der Waals surface area contributed by atoms with E-state index in [0.29, 0.717) is 47.7 Å². The summed E-state index contributed by atoms with van der Waals surface area (Å²) in [5.41, 5.74) is 2.24. The Morgan fingerprint density at radius 3 is 2.19 bits per heavy atom. The molecule has 0 radical (unpaired) electrons. The summed E-state index contributed by atoms with van der Waals surface area (Å²) in [4.78, 5) is 24.4. The molecule has 150 valence electrons. The molecule has 2 aromatic rings. The van der Waals surface area contributed by atoms with E-state index < -0.39 is 5.97 Å². The number of rotatable bonds is 2. The summed E-state index contributed by atoms with van der Waals surface area (Å²) in [6, 6.07) is 10.2. The van der Waals surface area contributed by atoms with Gasteiger partial charge in [0.2, 0.25) is 5.43 Å². The Balaban J connectivity index is 0.00000171. The molecule has 11 heteroatoms. The van der Waals surface area contributed by atoms with E-state index in [2.05, 4.69) is 0 Å². The molecule has 0 amide bonds. The molecule has 2 N–H and O–H groups in total. The fourth-order valence-electron chi connectivity index (χ4n) is 3.17. The van der Waals surface area contributed by atoms with Gasteiger partial charge in [0.15, 0.2) is 11.3 Å². The second-order valence-corrected chi connectivity index (χ2v) is 10.6. The van der Waals surface area contributed by atoms with Gasteiger partial charge in [-0.25, -0.2) is 4.79 Å². The van der Waals surface area contributed by atoms with Crippen LogP contribution in [0.1, 0.15) is 10.4 Å². The molecule has 1 aliphatic heterocycles. The first-order valence-corrected chi connectivity index (χ1v) is 12.3. The average molecular weight is 884 g/mol. The molecule has 0 fully saturated rings. The Labute approximate surface area is 275 Å². The predicted octanol–water partition coefficient (Wildman–Crippen LogP) is 5.09. The molecule has 31 heavy (non-hydrogen) atoms. The number of phenols is 1. The zero-order chi connectivity index (χ0) is 21.0. The number of halogens is 4. The number of fused-ring (bicyclic) bond motifs is 2. The first kappa shape index (κ1) is 28.6. The standard InChI is InChI=1S/C20H8I4O5.2Na.2H/c21-11-5-9-13(7-3-1-2-4-8(7)20(27)28)10-6-12(22)17(26)15(24)19(10)29-18(9)14(23)16(11)25;;;;/h1-6,25H,(H,27,28);;;;. The van der Waals surface area contributed by atoms with Crippen molar-refractivity contribution in [3.63, 3.8) is 0 Å². The van der Waals surface area contributed by atoms with Crippen LogP contribution in [0.3, 0.4) is 0 Å². The number of hydrogen-bond donors (Lipinski definition) is 2. The molecule has 0 spiro atoms. The van der Waals surface area contributed by atoms with Crippen molar-refractivity contribution in [1.82, 2.24) is 0 Å². The molecule has 1 aliphatic carbocycles. The zero-order valence-corrected chi connectivity index (χ0v) is 22.7. The van der Waals surface area contributed by atoms with Crippen LogP contribution in [-0.2, 0) is 0 Å². The van der Waals surface area contributed by atoms with E-state index in [9.17, 15) is 19.8 Å². The molecule has 2 aromatic carbocycles. The maximum atomic E-state index is 12.5. The SMILES string of the molecule is O=C(O)c1ccccc1-c1c2cc(I)c(=O)c(I)c-2oc2c(I)c(O)c(I)cc12.[NaH].[NaH]. The first-order chi connectivity index (χ1) is 13.7. The van der Waals surface area contributed by atoms with Gasteiger partial charge >= 0.3 is 65.1 Å². The molecule has 0 aromatic heterocycles. The molecule has 4 rings (SSSR count). The summed E-state index contributed by atoms with van der Waals surface area (Å²) >= 11 is 7.96. The van der Waals surface area contributed by atoms with Crippen LogP contribution in [0, 0.1) is 14.3 Å². The summed E-state index contributed by atoms with van der Waals surface area (Å²) in [6.07, 6.45) is 0. The molecule has 0 unspecified atom stereocenters. The normalized spacial score (nSPS) is 10.6. The van der Waals surface area contributed by atoms with Gasteiger partial charge in [-0.1, -0.05) is 18.2 Å². The van der Waals surface area contributed by atoms with Crippen molar-refractivity contribution in [2.75, 3.05) is 0 Å². The van der Waals surface area contributed by atoms with E-state index in [-0.39, 0.29) is 75.9 Å². The average Bonchev–Trinajstić information content (AvgIpc) is 2.69. The fourth-order valence-corrected chi connectivity index (χ4v) is 6.75. The van der Waals surface area contributed by atoms with Gasteiger partial charge in [0.05, 0.1) is 16.3 Å². The quantitative estimate of drug-likeness (QED) is 0.167. The molecular weight excluding hydrogens is 874 g/mol.